The zero-order chi connectivity index (χ0) is 13.5. The summed E-state index contributed by atoms with van der Waals surface area (Å²) in [4.78, 5) is 13.8. The van der Waals surface area contributed by atoms with Crippen molar-refractivity contribution < 1.29 is 22.4 Å². The zero-order valence-corrected chi connectivity index (χ0v) is 9.71. The smallest absolute Gasteiger partial charge is 0.423 e. The summed E-state index contributed by atoms with van der Waals surface area (Å²) < 4.78 is 42.3. The van der Waals surface area contributed by atoms with E-state index in [1.807, 2.05) is 0 Å². The van der Waals surface area contributed by atoms with Crippen LogP contribution in [-0.2, 0) is 0 Å². The molecular weight excluding hydrogens is 273 g/mol. The number of carbonyl (C=O) groups is 1. The van der Waals surface area contributed by atoms with Gasteiger partial charge < -0.3 is 4.42 Å². The molecule has 0 fully saturated rings. The van der Waals surface area contributed by atoms with Gasteiger partial charge in [-0.05, 0) is 18.2 Å². The van der Waals surface area contributed by atoms with Crippen LogP contribution in [0.5, 0.6) is 0 Å². The molecule has 0 unspecified atom stereocenters. The number of aromatic nitrogens is 1. The summed E-state index contributed by atoms with van der Waals surface area (Å²) in [6.07, 6.45) is -4.82. The van der Waals surface area contributed by atoms with Crippen molar-refractivity contribution >= 4 is 28.6 Å². The lowest BCUT2D eigenvalue weighted by Crippen LogP contribution is -2.24. The topological polar surface area (TPSA) is 47.5 Å². The molecule has 2 aromatic rings. The van der Waals surface area contributed by atoms with E-state index in [2.05, 4.69) is 4.99 Å². The van der Waals surface area contributed by atoms with Gasteiger partial charge in [-0.2, -0.15) is 0 Å². The number of rotatable bonds is 0. The van der Waals surface area contributed by atoms with Gasteiger partial charge in [-0.15, -0.1) is 18.2 Å². The number of benzene rings is 1. The molecule has 1 aromatic heterocycles. The number of nitrogens with zero attached hydrogens (tertiary/aromatic N) is 2. The van der Waals surface area contributed by atoms with Crippen LogP contribution in [0.2, 0.25) is 5.02 Å². The number of oxazole rings is 1. The van der Waals surface area contributed by atoms with Crippen molar-refractivity contribution in [3.63, 3.8) is 0 Å². The Kier molecular flexibility index (Phi) is 2.94. The van der Waals surface area contributed by atoms with Crippen molar-refractivity contribution in [1.82, 2.24) is 4.57 Å². The Hall–Kier alpha value is -1.76. The molecule has 0 N–H and O–H groups in total. The standard InChI is InChI=1S/C10H6ClF3N2O2/c1-5(17)16-7-4-6(11)2-3-8(7)18-9(16)15-10(12,13)14/h2-4H,1H3. The first-order valence-electron chi connectivity index (χ1n) is 4.72. The second kappa shape index (κ2) is 4.16. The molecule has 2 rings (SSSR count). The Morgan fingerprint density at radius 3 is 2.67 bits per heavy atom. The van der Waals surface area contributed by atoms with Crippen molar-refractivity contribution in [3.05, 3.63) is 28.9 Å². The third kappa shape index (κ3) is 2.40. The summed E-state index contributed by atoms with van der Waals surface area (Å²) in [7, 11) is 0. The van der Waals surface area contributed by atoms with Crippen LogP contribution in [0.15, 0.2) is 27.6 Å². The molecule has 0 aliphatic carbocycles. The van der Waals surface area contributed by atoms with Gasteiger partial charge in [0.25, 0.3) is 0 Å². The molecule has 0 aliphatic heterocycles. The van der Waals surface area contributed by atoms with Crippen molar-refractivity contribution in [2.24, 2.45) is 4.99 Å². The van der Waals surface area contributed by atoms with Gasteiger partial charge in [0.05, 0.1) is 5.52 Å². The van der Waals surface area contributed by atoms with E-state index in [-0.39, 0.29) is 16.1 Å². The minimum atomic E-state index is -4.82. The van der Waals surface area contributed by atoms with E-state index in [9.17, 15) is 18.0 Å². The first-order chi connectivity index (χ1) is 8.28. The third-order valence-corrected chi connectivity index (χ3v) is 2.33. The first kappa shape index (κ1) is 12.7. The van der Waals surface area contributed by atoms with E-state index >= 15 is 0 Å². The van der Waals surface area contributed by atoms with Gasteiger partial charge in [-0.1, -0.05) is 11.6 Å². The molecule has 4 nitrogen and oxygen atoms in total. The molecule has 0 saturated carbocycles. The number of halogens is 4. The van der Waals surface area contributed by atoms with Gasteiger partial charge in [0.2, 0.25) is 5.91 Å². The molecule has 96 valence electrons. The normalized spacial score (nSPS) is 13.3. The van der Waals surface area contributed by atoms with Crippen LogP contribution in [0.1, 0.15) is 11.7 Å². The maximum absolute atomic E-state index is 12.2. The SMILES string of the molecule is CC(=O)n1c(=NC(F)(F)F)oc2ccc(Cl)cc21. The molecule has 0 aliphatic rings. The maximum atomic E-state index is 12.2. The lowest BCUT2D eigenvalue weighted by Gasteiger charge is -1.98. The van der Waals surface area contributed by atoms with Crippen LogP contribution in [0.3, 0.4) is 0 Å². The molecule has 0 bridgehead atoms. The first-order valence-corrected chi connectivity index (χ1v) is 5.10. The molecule has 18 heavy (non-hydrogen) atoms. The minimum absolute atomic E-state index is 0.0950. The molecule has 0 amide bonds. The van der Waals surface area contributed by atoms with E-state index in [4.69, 9.17) is 16.0 Å². The third-order valence-electron chi connectivity index (χ3n) is 2.09. The Morgan fingerprint density at radius 2 is 2.11 bits per heavy atom. The fourth-order valence-electron chi connectivity index (χ4n) is 1.48. The summed E-state index contributed by atoms with van der Waals surface area (Å²) in [5, 5.41) is 0.275. The van der Waals surface area contributed by atoms with Gasteiger partial charge in [-0.3, -0.25) is 4.79 Å². The summed E-state index contributed by atoms with van der Waals surface area (Å²) in [6, 6.07) is 4.14. The number of fused-ring (bicyclic) bond motifs is 1. The molecule has 1 aromatic carbocycles. The van der Waals surface area contributed by atoms with Crippen LogP contribution in [-0.4, -0.2) is 16.8 Å². The van der Waals surface area contributed by atoms with E-state index in [0.29, 0.717) is 4.57 Å². The summed E-state index contributed by atoms with van der Waals surface area (Å²) in [5.74, 6) is -0.654. The molecule has 0 atom stereocenters. The lowest BCUT2D eigenvalue weighted by molar-refractivity contribution is -0.125. The highest BCUT2D eigenvalue weighted by Crippen LogP contribution is 2.20. The van der Waals surface area contributed by atoms with E-state index in [1.54, 1.807) is 0 Å². The Morgan fingerprint density at radius 1 is 1.44 bits per heavy atom. The molecular formula is C10H6ClF3N2O2. The van der Waals surface area contributed by atoms with Gasteiger partial charge >= 0.3 is 12.0 Å². The zero-order valence-electron chi connectivity index (χ0n) is 8.95. The van der Waals surface area contributed by atoms with Crippen molar-refractivity contribution in [3.8, 4) is 0 Å². The van der Waals surface area contributed by atoms with Crippen LogP contribution in [0.4, 0.5) is 13.2 Å². The van der Waals surface area contributed by atoms with Gasteiger partial charge in [-0.25, -0.2) is 4.57 Å². The average molecular weight is 279 g/mol. The Balaban J connectivity index is 2.87. The minimum Gasteiger partial charge on any atom is -0.423 e. The largest absolute Gasteiger partial charge is 0.507 e. The number of alkyl halides is 3. The predicted octanol–water partition coefficient (Wildman–Crippen LogP) is 2.97. The van der Waals surface area contributed by atoms with E-state index in [1.165, 1.54) is 18.2 Å². The van der Waals surface area contributed by atoms with Crippen molar-refractivity contribution in [2.45, 2.75) is 13.2 Å². The van der Waals surface area contributed by atoms with Crippen molar-refractivity contribution in [2.75, 3.05) is 0 Å². The Labute approximate surface area is 103 Å². The molecule has 0 spiro atoms. The van der Waals surface area contributed by atoms with Crippen LogP contribution < -0.4 is 5.68 Å². The number of carbonyl (C=O) groups excluding carboxylic acids is 1. The van der Waals surface area contributed by atoms with Gasteiger partial charge in [0, 0.05) is 11.9 Å². The quantitative estimate of drug-likeness (QED) is 0.696. The monoisotopic (exact) mass is 278 g/mol. The summed E-state index contributed by atoms with van der Waals surface area (Å²) >= 11 is 5.72. The maximum Gasteiger partial charge on any atom is 0.507 e. The molecule has 8 heteroatoms. The van der Waals surface area contributed by atoms with Gasteiger partial charge in [0.1, 0.15) is 0 Å². The fraction of sp³-hybridized carbons (Fsp3) is 0.200. The summed E-state index contributed by atoms with van der Waals surface area (Å²) in [6.45, 7) is 1.10. The molecule has 0 radical (unpaired) electrons. The molecule has 0 saturated heterocycles. The lowest BCUT2D eigenvalue weighted by atomic mass is 10.3. The van der Waals surface area contributed by atoms with Gasteiger partial charge in [0.15, 0.2) is 5.58 Å². The highest BCUT2D eigenvalue weighted by Gasteiger charge is 2.28. The van der Waals surface area contributed by atoms with Crippen LogP contribution in [0, 0.1) is 0 Å². The van der Waals surface area contributed by atoms with E-state index in [0.717, 1.165) is 6.92 Å². The number of hydrogen-bond acceptors (Lipinski definition) is 3. The van der Waals surface area contributed by atoms with Crippen LogP contribution in [0.25, 0.3) is 11.1 Å². The average Bonchev–Trinajstić information content (AvgIpc) is 2.51. The highest BCUT2D eigenvalue weighted by atomic mass is 35.5. The Bertz CT molecular complexity index is 684. The second-order valence-corrected chi connectivity index (χ2v) is 3.87. The predicted molar refractivity (Wildman–Crippen MR) is 57.1 cm³/mol. The van der Waals surface area contributed by atoms with E-state index < -0.39 is 17.9 Å². The van der Waals surface area contributed by atoms with Crippen molar-refractivity contribution in [1.29, 1.82) is 0 Å². The molecule has 1 heterocycles. The number of hydrogen-bond donors (Lipinski definition) is 0. The second-order valence-electron chi connectivity index (χ2n) is 3.43. The van der Waals surface area contributed by atoms with Crippen LogP contribution >= 0.6 is 11.6 Å². The summed E-state index contributed by atoms with van der Waals surface area (Å²) in [5.41, 5.74) is -0.595. The highest BCUT2D eigenvalue weighted by molar-refractivity contribution is 6.31. The fourth-order valence-corrected chi connectivity index (χ4v) is 1.65.